The van der Waals surface area contributed by atoms with Crippen LogP contribution in [0.15, 0.2) is 90.0 Å². The van der Waals surface area contributed by atoms with Crippen molar-refractivity contribution in [2.45, 2.75) is 94.8 Å². The van der Waals surface area contributed by atoms with Gasteiger partial charge in [0.1, 0.15) is 39.6 Å². The molecule has 534 valence electrons. The van der Waals surface area contributed by atoms with Crippen molar-refractivity contribution in [3.8, 4) is 12.1 Å². The first-order valence-corrected chi connectivity index (χ1v) is 35.4. The Morgan fingerprint density at radius 1 is 0.786 bits per heavy atom. The van der Waals surface area contributed by atoms with Crippen LogP contribution in [0.1, 0.15) is 81.7 Å². The number of aromatic nitrogens is 2. The zero-order chi connectivity index (χ0) is 69.0. The van der Waals surface area contributed by atoms with Crippen molar-refractivity contribution in [3.63, 3.8) is 0 Å². The number of anilines is 2. The number of alkyl carbamates (subject to hydrolysis) is 1. The predicted octanol–water partition coefficient (Wildman–Crippen LogP) is 9.80. The first-order valence-electron chi connectivity index (χ1n) is 34.2. The van der Waals surface area contributed by atoms with Crippen molar-refractivity contribution >= 4 is 62.8 Å². The molecular weight excluding hydrogens is 1300 g/mol. The Morgan fingerprint density at radius 2 is 1.44 bits per heavy atom. The van der Waals surface area contributed by atoms with Gasteiger partial charge >= 0.3 is 18.1 Å². The molecule has 0 bridgehead atoms. The Bertz CT molecular complexity index is 3370. The van der Waals surface area contributed by atoms with Gasteiger partial charge in [0.25, 0.3) is 0 Å². The van der Waals surface area contributed by atoms with E-state index >= 15 is 4.39 Å². The normalized spacial score (nSPS) is 18.1. The first-order chi connectivity index (χ1) is 47.7. The van der Waals surface area contributed by atoms with Crippen LogP contribution in [0.2, 0.25) is 5.02 Å². The van der Waals surface area contributed by atoms with Crippen LogP contribution in [-0.2, 0) is 60.5 Å². The Hall–Kier alpha value is -6.58. The van der Waals surface area contributed by atoms with Gasteiger partial charge in [0.2, 0.25) is 0 Å². The maximum Gasteiger partial charge on any atom is 0.407 e. The molecule has 23 nitrogen and oxygen atoms in total. The fourth-order valence-corrected chi connectivity index (χ4v) is 13.8. The zero-order valence-corrected chi connectivity index (χ0v) is 58.6. The van der Waals surface area contributed by atoms with Crippen molar-refractivity contribution in [1.82, 2.24) is 35.4 Å². The fourth-order valence-electron chi connectivity index (χ4n) is 12.1. The minimum absolute atomic E-state index is 0.0637. The standard InChI is InChI=1S/C71H96ClF2N11O12S/c1-70(2,3)97-68(86)77-26-11-24-71(54-15-6-5-7-16-54)85(80-66(98-71)59-49-55(73)20-21-61(59)74)69(87)81(4)32-34-89-36-38-91-40-42-93-44-46-95-48-47-94-45-43-92-41-39-90-37-35-88-33-12-29-82-28-10-17-57(82)52-96-67-78-62-51-83(63-19-9-14-53-13-8-18-60(72)64(53)63)30-23-58(62)65(79-67)84-31-27-76-56(50-84)22-25-75/h5-9,13-16,18-21,49,56-57,76H,10-12,17,22-24,26-48,50-52H2,1-4H3,(H,77,86)/t56-,57-,71-/m0/s1. The fraction of sp³-hybridized carbons (Fsp3) is 0.577. The lowest BCUT2D eigenvalue weighted by molar-refractivity contribution is -0.0234. The predicted molar refractivity (Wildman–Crippen MR) is 373 cm³/mol. The number of nitriles is 1. The van der Waals surface area contributed by atoms with Crippen molar-refractivity contribution in [2.24, 2.45) is 5.10 Å². The highest BCUT2D eigenvalue weighted by atomic mass is 35.5. The molecule has 2 saturated heterocycles. The van der Waals surface area contributed by atoms with Crippen molar-refractivity contribution in [2.75, 3.05) is 182 Å². The number of carbonyl (C=O) groups excluding carboxylic acids is 2. The van der Waals surface area contributed by atoms with E-state index in [2.05, 4.69) is 60.8 Å². The van der Waals surface area contributed by atoms with Gasteiger partial charge in [-0.15, -0.1) is 0 Å². The summed E-state index contributed by atoms with van der Waals surface area (Å²) in [4.78, 5) is 44.4. The highest BCUT2D eigenvalue weighted by Gasteiger charge is 2.50. The Balaban J connectivity index is 0.564. The van der Waals surface area contributed by atoms with Gasteiger partial charge < -0.3 is 72.7 Å². The van der Waals surface area contributed by atoms with E-state index in [4.69, 9.17) is 68.9 Å². The van der Waals surface area contributed by atoms with Crippen LogP contribution in [0.5, 0.6) is 6.01 Å². The molecule has 98 heavy (non-hydrogen) atoms. The number of urea groups is 1. The summed E-state index contributed by atoms with van der Waals surface area (Å²) in [6, 6.07) is 27.3. The number of benzene rings is 4. The highest BCUT2D eigenvalue weighted by Crippen LogP contribution is 2.51. The Labute approximate surface area is 583 Å². The van der Waals surface area contributed by atoms with Crippen molar-refractivity contribution in [1.29, 1.82) is 5.26 Å². The quantitative estimate of drug-likeness (QED) is 0.0348. The molecule has 4 aliphatic heterocycles. The van der Waals surface area contributed by atoms with Gasteiger partial charge in [0.15, 0.2) is 0 Å². The van der Waals surface area contributed by atoms with Crippen LogP contribution in [-0.4, -0.2) is 231 Å². The summed E-state index contributed by atoms with van der Waals surface area (Å²) in [5, 5.41) is 24.8. The summed E-state index contributed by atoms with van der Waals surface area (Å²) < 4.78 is 87.3. The number of carbonyl (C=O) groups is 2. The maximum atomic E-state index is 15.2. The smallest absolute Gasteiger partial charge is 0.407 e. The molecule has 3 amide bonds. The second kappa shape index (κ2) is 39.4. The van der Waals surface area contributed by atoms with E-state index in [9.17, 15) is 19.2 Å². The number of amides is 3. The van der Waals surface area contributed by atoms with Crippen LogP contribution in [0.3, 0.4) is 0 Å². The molecule has 2 N–H and O–H groups in total. The largest absolute Gasteiger partial charge is 0.462 e. The number of nitrogens with one attached hydrogen (secondary N) is 2. The summed E-state index contributed by atoms with van der Waals surface area (Å²) >= 11 is 7.95. The molecule has 3 atom stereocenters. The van der Waals surface area contributed by atoms with Gasteiger partial charge in [-0.1, -0.05) is 78.0 Å². The average Bonchev–Trinajstić information content (AvgIpc) is 1.47. The van der Waals surface area contributed by atoms with Gasteiger partial charge in [-0.25, -0.2) is 18.4 Å². The van der Waals surface area contributed by atoms with Crippen LogP contribution < -0.4 is 25.2 Å². The number of hydrogen-bond acceptors (Lipinski definition) is 21. The molecule has 0 aliphatic carbocycles. The van der Waals surface area contributed by atoms with Crippen LogP contribution in [0.4, 0.5) is 29.9 Å². The third-order valence-corrected chi connectivity index (χ3v) is 18.7. The van der Waals surface area contributed by atoms with Crippen LogP contribution in [0.25, 0.3) is 10.8 Å². The van der Waals surface area contributed by atoms with Crippen LogP contribution >= 0.6 is 23.4 Å². The number of likely N-dealkylation sites (N-methyl/N-ethyl adjacent to an activating group) is 1. The first kappa shape index (κ1) is 75.6. The molecular formula is C71H96ClF2N11O12S. The second-order valence-electron chi connectivity index (χ2n) is 25.2. The lowest BCUT2D eigenvalue weighted by atomic mass is 10.0. The van der Waals surface area contributed by atoms with E-state index in [-0.39, 0.29) is 49.0 Å². The number of hydrazone groups is 1. The maximum absolute atomic E-state index is 15.2. The molecule has 27 heteroatoms. The van der Waals surface area contributed by atoms with E-state index in [0.29, 0.717) is 137 Å². The molecule has 5 heterocycles. The van der Waals surface area contributed by atoms with E-state index in [0.717, 1.165) is 132 Å². The van der Waals surface area contributed by atoms with Gasteiger partial charge in [0, 0.05) is 93.8 Å². The summed E-state index contributed by atoms with van der Waals surface area (Å²) in [6.07, 6.45) is 4.40. The summed E-state index contributed by atoms with van der Waals surface area (Å²) in [5.74, 6) is -0.398. The number of likely N-dealkylation sites (tertiary alicyclic amines) is 1. The van der Waals surface area contributed by atoms with E-state index < -0.39 is 34.2 Å². The number of ether oxygens (including phenoxy) is 10. The number of thioether (sulfide) groups is 1. The van der Waals surface area contributed by atoms with Crippen molar-refractivity contribution < 1.29 is 65.7 Å². The van der Waals surface area contributed by atoms with Crippen LogP contribution in [0, 0.1) is 23.0 Å². The van der Waals surface area contributed by atoms with Crippen molar-refractivity contribution in [3.05, 3.63) is 124 Å². The van der Waals surface area contributed by atoms with E-state index in [1.54, 1.807) is 27.8 Å². The molecule has 4 aromatic carbocycles. The lowest BCUT2D eigenvalue weighted by Gasteiger charge is -2.37. The monoisotopic (exact) mass is 1400 g/mol. The molecule has 1 aromatic heterocycles. The summed E-state index contributed by atoms with van der Waals surface area (Å²) in [5.41, 5.74) is 3.18. The summed E-state index contributed by atoms with van der Waals surface area (Å²) in [6.45, 7) is 18.6. The molecule has 4 aliphatic rings. The van der Waals surface area contributed by atoms with E-state index in [1.165, 1.54) is 9.91 Å². The molecule has 0 unspecified atom stereocenters. The molecule has 0 spiro atoms. The van der Waals surface area contributed by atoms with E-state index in [1.807, 2.05) is 42.5 Å². The number of halogens is 3. The minimum atomic E-state index is -1.17. The number of rotatable bonds is 40. The SMILES string of the molecule is CN(CCOCCOCCOCCOCCOCCOCCOCCOCCCN1CCC[C@H]1COc1nc2c(c(N3CCN[C@@H](CC#N)C3)n1)CCN(c1cccc3cccc(Cl)c13)C2)C(=O)N1N=C(c2cc(F)ccc2F)S[C@@]1(CCCNC(=O)OC(C)(C)C)c1ccccc1. The Kier molecular flexibility index (Phi) is 30.4. The topological polar surface area (TPSA) is 229 Å². The summed E-state index contributed by atoms with van der Waals surface area (Å²) in [7, 11) is 1.62. The third-order valence-electron chi connectivity index (χ3n) is 17.0. The molecule has 0 saturated carbocycles. The van der Waals surface area contributed by atoms with Gasteiger partial charge in [-0.05, 0) is 107 Å². The third kappa shape index (κ3) is 22.7. The zero-order valence-electron chi connectivity index (χ0n) is 57.0. The van der Waals surface area contributed by atoms with Gasteiger partial charge in [0.05, 0.1) is 129 Å². The molecule has 5 aromatic rings. The molecule has 0 radical (unpaired) electrons. The number of hydrogen-bond donors (Lipinski definition) is 2. The molecule has 9 rings (SSSR count). The number of fused-ring (bicyclic) bond motifs is 2. The molecule has 2 fully saturated rings. The average molecular weight is 1400 g/mol. The van der Waals surface area contributed by atoms with Gasteiger partial charge in [-0.3, -0.25) is 4.90 Å². The lowest BCUT2D eigenvalue weighted by Crippen LogP contribution is -2.51. The number of piperazine rings is 1. The minimum Gasteiger partial charge on any atom is -0.462 e. The number of nitrogens with zero attached hydrogens (tertiary/aromatic N) is 9. The van der Waals surface area contributed by atoms with Gasteiger partial charge in [-0.2, -0.15) is 25.3 Å². The Morgan fingerprint density at radius 3 is 2.10 bits per heavy atom. The highest BCUT2D eigenvalue weighted by molar-refractivity contribution is 8.15. The second-order valence-corrected chi connectivity index (χ2v) is 26.9.